The number of nitrogens with zero attached hydrogens (tertiary/aromatic N) is 3. The maximum atomic E-state index is 14.1. The highest BCUT2D eigenvalue weighted by atomic mass is 32.2. The number of nitrogens with one attached hydrogen (secondary N) is 1. The number of sulfonamides is 1. The number of fused-ring (bicyclic) bond motifs is 1. The molecule has 0 aliphatic heterocycles. The van der Waals surface area contributed by atoms with Crippen molar-refractivity contribution >= 4 is 21.4 Å². The molecule has 29 heavy (non-hydrogen) atoms. The predicted octanol–water partition coefficient (Wildman–Crippen LogP) is 2.88. The minimum Gasteiger partial charge on any atom is -0.479 e. The number of methoxy groups -OCH3 is 1. The van der Waals surface area contributed by atoms with Crippen LogP contribution in [0.2, 0.25) is 0 Å². The Kier molecular flexibility index (Phi) is 5.82. The van der Waals surface area contributed by atoms with E-state index in [0.717, 1.165) is 31.4 Å². The number of ether oxygens (including phenoxy) is 2. The molecule has 0 unspecified atom stereocenters. The molecule has 8 nitrogen and oxygen atoms in total. The van der Waals surface area contributed by atoms with Crippen LogP contribution in [0.5, 0.6) is 11.8 Å². The summed E-state index contributed by atoms with van der Waals surface area (Å²) in [6.45, 7) is 0.885. The van der Waals surface area contributed by atoms with Crippen molar-refractivity contribution in [3.8, 4) is 11.8 Å². The van der Waals surface area contributed by atoms with E-state index in [9.17, 15) is 21.6 Å². The van der Waals surface area contributed by atoms with E-state index in [1.807, 2.05) is 6.92 Å². The first-order valence-corrected chi connectivity index (χ1v) is 9.87. The molecule has 0 saturated heterocycles. The van der Waals surface area contributed by atoms with Crippen LogP contribution in [0.1, 0.15) is 12.5 Å². The molecule has 3 rings (SSSR count). The first-order chi connectivity index (χ1) is 13.7. The SMILES string of the molecule is CCc1ccn2c(S(=O)(=O)Nc3cc(F)c(OCC(F)F)nc3OC)cnc2c1. The van der Waals surface area contributed by atoms with Gasteiger partial charge in [-0.25, -0.2) is 18.2 Å². The van der Waals surface area contributed by atoms with Gasteiger partial charge >= 0.3 is 0 Å². The van der Waals surface area contributed by atoms with Gasteiger partial charge in [-0.3, -0.25) is 9.12 Å². The number of hydrogen-bond acceptors (Lipinski definition) is 6. The molecule has 0 aromatic carbocycles. The van der Waals surface area contributed by atoms with Crippen molar-refractivity contribution in [2.75, 3.05) is 18.4 Å². The maximum absolute atomic E-state index is 14.1. The molecule has 0 radical (unpaired) electrons. The average molecular weight is 430 g/mol. The van der Waals surface area contributed by atoms with Gasteiger partial charge in [0.05, 0.1) is 13.3 Å². The molecule has 0 spiro atoms. The second-order valence-electron chi connectivity index (χ2n) is 5.85. The van der Waals surface area contributed by atoms with Crippen molar-refractivity contribution in [1.82, 2.24) is 14.4 Å². The van der Waals surface area contributed by atoms with Gasteiger partial charge in [0.15, 0.2) is 17.5 Å². The molecule has 3 aromatic heterocycles. The zero-order valence-electron chi connectivity index (χ0n) is 15.4. The van der Waals surface area contributed by atoms with E-state index in [4.69, 9.17) is 4.74 Å². The van der Waals surface area contributed by atoms with Gasteiger partial charge in [0.1, 0.15) is 11.3 Å². The van der Waals surface area contributed by atoms with Gasteiger partial charge in [0, 0.05) is 12.3 Å². The fourth-order valence-corrected chi connectivity index (χ4v) is 3.69. The lowest BCUT2D eigenvalue weighted by Crippen LogP contribution is -2.17. The number of halogens is 3. The monoisotopic (exact) mass is 430 g/mol. The highest BCUT2D eigenvalue weighted by Crippen LogP contribution is 2.30. The van der Waals surface area contributed by atoms with E-state index < -0.39 is 34.8 Å². The Morgan fingerprint density at radius 2 is 2.03 bits per heavy atom. The molecule has 0 aliphatic rings. The number of pyridine rings is 2. The van der Waals surface area contributed by atoms with Gasteiger partial charge in [-0.05, 0) is 24.1 Å². The van der Waals surface area contributed by atoms with Crippen molar-refractivity contribution in [3.05, 3.63) is 42.0 Å². The Morgan fingerprint density at radius 3 is 2.69 bits per heavy atom. The molecule has 0 bridgehead atoms. The second kappa shape index (κ2) is 8.15. The van der Waals surface area contributed by atoms with Crippen LogP contribution in [0.4, 0.5) is 18.9 Å². The average Bonchev–Trinajstić information content (AvgIpc) is 3.11. The summed E-state index contributed by atoms with van der Waals surface area (Å²) in [6.07, 6.45) is 0.649. The minimum absolute atomic E-state index is 0.185. The fraction of sp³-hybridized carbons (Fsp3) is 0.294. The summed E-state index contributed by atoms with van der Waals surface area (Å²) < 4.78 is 77.3. The van der Waals surface area contributed by atoms with E-state index in [2.05, 4.69) is 19.4 Å². The molecule has 0 aliphatic carbocycles. The van der Waals surface area contributed by atoms with E-state index in [0.29, 0.717) is 5.65 Å². The van der Waals surface area contributed by atoms with Crippen LogP contribution < -0.4 is 14.2 Å². The molecular weight excluding hydrogens is 413 g/mol. The van der Waals surface area contributed by atoms with Crippen LogP contribution in [0.15, 0.2) is 35.6 Å². The molecule has 1 N–H and O–H groups in total. The van der Waals surface area contributed by atoms with Gasteiger partial charge in [0.2, 0.25) is 5.88 Å². The second-order valence-corrected chi connectivity index (χ2v) is 7.48. The fourth-order valence-electron chi connectivity index (χ4n) is 2.54. The summed E-state index contributed by atoms with van der Waals surface area (Å²) in [5.74, 6) is -2.21. The van der Waals surface area contributed by atoms with E-state index in [1.54, 1.807) is 18.3 Å². The van der Waals surface area contributed by atoms with Crippen LogP contribution in [0.3, 0.4) is 0 Å². The number of aryl methyl sites for hydroxylation is 1. The van der Waals surface area contributed by atoms with E-state index in [1.165, 1.54) is 4.40 Å². The molecule has 0 fully saturated rings. The number of hydrogen-bond donors (Lipinski definition) is 1. The van der Waals surface area contributed by atoms with Crippen LogP contribution in [-0.2, 0) is 16.4 Å². The summed E-state index contributed by atoms with van der Waals surface area (Å²) in [5.41, 5.74) is 1.08. The van der Waals surface area contributed by atoms with Crippen LogP contribution >= 0.6 is 0 Å². The highest BCUT2D eigenvalue weighted by molar-refractivity contribution is 7.92. The lowest BCUT2D eigenvalue weighted by atomic mass is 10.2. The summed E-state index contributed by atoms with van der Waals surface area (Å²) in [5, 5.41) is -0.185. The quantitative estimate of drug-likeness (QED) is 0.591. The third-order valence-corrected chi connectivity index (χ3v) is 5.26. The van der Waals surface area contributed by atoms with Crippen molar-refractivity contribution in [3.63, 3.8) is 0 Å². The topological polar surface area (TPSA) is 94.8 Å². The standard InChI is InChI=1S/C17H17F3N4O4S/c1-3-10-4-5-24-14(6-10)21-8-15(24)29(25,26)23-12-7-11(18)16(22-17(12)27-2)28-9-13(19)20/h4-8,13,23H,3,9H2,1-2H3. The van der Waals surface area contributed by atoms with Crippen LogP contribution in [0, 0.1) is 5.82 Å². The zero-order chi connectivity index (χ0) is 21.2. The van der Waals surface area contributed by atoms with Gasteiger partial charge in [-0.1, -0.05) is 6.92 Å². The largest absolute Gasteiger partial charge is 0.479 e. The number of anilines is 1. The molecule has 0 amide bonds. The molecule has 3 heterocycles. The van der Waals surface area contributed by atoms with Crippen molar-refractivity contribution in [1.29, 1.82) is 0 Å². The summed E-state index contributed by atoms with van der Waals surface area (Å²) in [6, 6.07) is 4.24. The van der Waals surface area contributed by atoms with Crippen LogP contribution in [0.25, 0.3) is 5.65 Å². The Bertz CT molecular complexity index is 1140. The van der Waals surface area contributed by atoms with Crippen molar-refractivity contribution in [2.24, 2.45) is 0 Å². The van der Waals surface area contributed by atoms with E-state index in [-0.39, 0.29) is 16.6 Å². The number of alkyl halides is 2. The molecule has 3 aromatic rings. The van der Waals surface area contributed by atoms with Crippen molar-refractivity contribution in [2.45, 2.75) is 24.8 Å². The lowest BCUT2D eigenvalue weighted by molar-refractivity contribution is 0.0770. The van der Waals surface area contributed by atoms with Gasteiger partial charge in [-0.2, -0.15) is 13.4 Å². The zero-order valence-corrected chi connectivity index (χ0v) is 16.2. The molecule has 0 saturated carbocycles. The van der Waals surface area contributed by atoms with Gasteiger partial charge in [-0.15, -0.1) is 0 Å². The van der Waals surface area contributed by atoms with Crippen molar-refractivity contribution < 1.29 is 31.1 Å². The van der Waals surface area contributed by atoms with Gasteiger partial charge in [0.25, 0.3) is 22.3 Å². The first kappa shape index (κ1) is 20.7. The number of rotatable bonds is 8. The molecule has 156 valence electrons. The Labute approximate surface area is 164 Å². The third kappa shape index (κ3) is 4.36. The molecule has 12 heteroatoms. The summed E-state index contributed by atoms with van der Waals surface area (Å²) >= 11 is 0. The van der Waals surface area contributed by atoms with E-state index >= 15 is 0 Å². The lowest BCUT2D eigenvalue weighted by Gasteiger charge is -2.13. The maximum Gasteiger partial charge on any atom is 0.279 e. The number of aromatic nitrogens is 3. The molecule has 0 atom stereocenters. The molecular formula is C17H17F3N4O4S. The minimum atomic E-state index is -4.20. The Hall–Kier alpha value is -3.02. The van der Waals surface area contributed by atoms with Crippen LogP contribution in [-0.4, -0.2) is 42.9 Å². The smallest absolute Gasteiger partial charge is 0.279 e. The van der Waals surface area contributed by atoms with Gasteiger partial charge < -0.3 is 9.47 Å². The first-order valence-electron chi connectivity index (χ1n) is 8.39. The summed E-state index contributed by atoms with van der Waals surface area (Å²) in [7, 11) is -3.04. The predicted molar refractivity (Wildman–Crippen MR) is 97.6 cm³/mol. The third-order valence-electron chi connectivity index (χ3n) is 3.92. The summed E-state index contributed by atoms with van der Waals surface area (Å²) in [4.78, 5) is 7.69. The normalized spacial score (nSPS) is 11.8. The Balaban J connectivity index is 1.95. The highest BCUT2D eigenvalue weighted by Gasteiger charge is 2.24. The number of imidazole rings is 1. The Morgan fingerprint density at radius 1 is 1.28 bits per heavy atom.